The average molecular weight is 946 g/mol. The molecule has 0 N–H and O–H groups in total. The lowest BCUT2D eigenvalue weighted by Crippen LogP contribution is -2.03. The van der Waals surface area contributed by atoms with E-state index in [2.05, 4.69) is 228 Å². The molecule has 74 heavy (non-hydrogen) atoms. The summed E-state index contributed by atoms with van der Waals surface area (Å²) in [6.45, 7) is 0. The van der Waals surface area contributed by atoms with Gasteiger partial charge in [0.1, 0.15) is 0 Å². The number of fused-ring (bicyclic) bond motifs is 6. The lowest BCUT2D eigenvalue weighted by Gasteiger charge is -2.16. The van der Waals surface area contributed by atoms with Crippen molar-refractivity contribution in [2.45, 2.75) is 0 Å². The van der Waals surface area contributed by atoms with Gasteiger partial charge in [-0.1, -0.05) is 206 Å². The van der Waals surface area contributed by atoms with E-state index in [0.717, 1.165) is 94.7 Å². The quantitative estimate of drug-likeness (QED) is 0.144. The zero-order valence-electron chi connectivity index (χ0n) is 40.0. The maximum Gasteiger partial charge on any atom is 0.166 e. The van der Waals surface area contributed by atoms with E-state index in [-0.39, 0.29) is 0 Å². The molecule has 0 radical (unpaired) electrons. The maximum atomic E-state index is 5.34. The van der Waals surface area contributed by atoms with E-state index in [9.17, 15) is 0 Å². The number of rotatable bonds is 9. The molecular weight excluding hydrogens is 903 g/mol. The summed E-state index contributed by atoms with van der Waals surface area (Å²) >= 11 is 0. The van der Waals surface area contributed by atoms with Gasteiger partial charge in [-0.3, -0.25) is 0 Å². The molecule has 0 bridgehead atoms. The molecule has 4 heterocycles. The molecule has 0 unspecified atom stereocenters. The highest BCUT2D eigenvalue weighted by atomic mass is 15.1. The van der Waals surface area contributed by atoms with E-state index >= 15 is 0 Å². The lowest BCUT2D eigenvalue weighted by atomic mass is 10.0. The van der Waals surface area contributed by atoms with Crippen LogP contribution in [0.3, 0.4) is 0 Å². The fourth-order valence-electron chi connectivity index (χ4n) is 10.6. The summed E-state index contributed by atoms with van der Waals surface area (Å²) in [5.41, 5.74) is 15.9. The standard InChI is InChI=1S/C67H43N7/c1-4-21-44(22-5-1)56-43-57(69-64(68-56)45-23-6-2-7-24-45)54-32-13-18-37-61(54)74-60-36-17-12-31-52(60)53-40-39-48(42-63(53)74)47-27-20-28-49(41-47)66-70-65(46-25-8-3-9-26-46)71-67(72-66)55-33-14-19-38-62(55)73-58-34-15-10-29-50(58)51-30-11-16-35-59(51)73/h1-43H. The molecule has 7 nitrogen and oxygen atoms in total. The second kappa shape index (κ2) is 17.9. The van der Waals surface area contributed by atoms with Crippen LogP contribution in [-0.4, -0.2) is 34.1 Å². The van der Waals surface area contributed by atoms with Crippen LogP contribution in [0.5, 0.6) is 0 Å². The average Bonchev–Trinajstić information content (AvgIpc) is 4.00. The number of nitrogens with zero attached hydrogens (tertiary/aromatic N) is 7. The number of hydrogen-bond donors (Lipinski definition) is 0. The minimum absolute atomic E-state index is 0.589. The highest BCUT2D eigenvalue weighted by Crippen LogP contribution is 2.40. The van der Waals surface area contributed by atoms with Crippen LogP contribution < -0.4 is 0 Å². The van der Waals surface area contributed by atoms with Crippen molar-refractivity contribution in [2.75, 3.05) is 0 Å². The predicted octanol–water partition coefficient (Wildman–Crippen LogP) is 16.5. The molecule has 0 amide bonds. The van der Waals surface area contributed by atoms with Crippen molar-refractivity contribution in [3.05, 3.63) is 261 Å². The van der Waals surface area contributed by atoms with Crippen LogP contribution in [0.2, 0.25) is 0 Å². The zero-order chi connectivity index (χ0) is 49.0. The van der Waals surface area contributed by atoms with Gasteiger partial charge in [0, 0.05) is 54.9 Å². The molecule has 0 aliphatic heterocycles. The van der Waals surface area contributed by atoms with E-state index in [1.54, 1.807) is 0 Å². The first-order valence-electron chi connectivity index (χ1n) is 24.8. The summed E-state index contributed by atoms with van der Waals surface area (Å²) in [6, 6.07) is 91.0. The van der Waals surface area contributed by atoms with Crippen LogP contribution >= 0.6 is 0 Å². The number of aromatic nitrogens is 7. The summed E-state index contributed by atoms with van der Waals surface area (Å²) in [7, 11) is 0. The zero-order valence-corrected chi connectivity index (χ0v) is 40.0. The van der Waals surface area contributed by atoms with E-state index < -0.39 is 0 Å². The number of para-hydroxylation sites is 5. The summed E-state index contributed by atoms with van der Waals surface area (Å²) < 4.78 is 4.72. The Hall–Kier alpha value is -10.1. The van der Waals surface area contributed by atoms with Crippen molar-refractivity contribution in [1.82, 2.24) is 34.1 Å². The largest absolute Gasteiger partial charge is 0.309 e. The summed E-state index contributed by atoms with van der Waals surface area (Å²) in [6.07, 6.45) is 0. The fraction of sp³-hybridized carbons (Fsp3) is 0. The van der Waals surface area contributed by atoms with Gasteiger partial charge >= 0.3 is 0 Å². The van der Waals surface area contributed by atoms with Crippen LogP contribution in [0.25, 0.3) is 134 Å². The highest BCUT2D eigenvalue weighted by Gasteiger charge is 2.22. The maximum absolute atomic E-state index is 5.34. The monoisotopic (exact) mass is 945 g/mol. The van der Waals surface area contributed by atoms with Crippen molar-refractivity contribution < 1.29 is 0 Å². The van der Waals surface area contributed by atoms with E-state index in [4.69, 9.17) is 24.9 Å². The van der Waals surface area contributed by atoms with Crippen molar-refractivity contribution in [3.8, 4) is 90.6 Å². The summed E-state index contributed by atoms with van der Waals surface area (Å²) in [4.78, 5) is 26.2. The molecule has 0 atom stereocenters. The van der Waals surface area contributed by atoms with Gasteiger partial charge in [-0.05, 0) is 65.7 Å². The van der Waals surface area contributed by atoms with Crippen molar-refractivity contribution in [3.63, 3.8) is 0 Å². The lowest BCUT2D eigenvalue weighted by molar-refractivity contribution is 1.06. The minimum atomic E-state index is 0.589. The molecule has 0 fully saturated rings. The molecule has 14 aromatic rings. The van der Waals surface area contributed by atoms with Gasteiger partial charge < -0.3 is 9.13 Å². The number of hydrogen-bond acceptors (Lipinski definition) is 5. The minimum Gasteiger partial charge on any atom is -0.309 e. The first-order chi connectivity index (χ1) is 36.7. The van der Waals surface area contributed by atoms with Crippen molar-refractivity contribution >= 4 is 43.6 Å². The number of benzene rings is 10. The van der Waals surface area contributed by atoms with Crippen LogP contribution in [-0.2, 0) is 0 Å². The summed E-state index contributed by atoms with van der Waals surface area (Å²) in [5, 5.41) is 4.71. The normalized spacial score (nSPS) is 11.5. The molecule has 7 heteroatoms. The van der Waals surface area contributed by atoms with Gasteiger partial charge in [0.05, 0.1) is 44.8 Å². The third-order valence-corrected chi connectivity index (χ3v) is 14.0. The second-order valence-electron chi connectivity index (χ2n) is 18.4. The van der Waals surface area contributed by atoms with Crippen LogP contribution in [0.15, 0.2) is 261 Å². The van der Waals surface area contributed by atoms with E-state index in [0.29, 0.717) is 23.3 Å². The van der Waals surface area contributed by atoms with E-state index in [1.165, 1.54) is 16.2 Å². The smallest absolute Gasteiger partial charge is 0.166 e. The first kappa shape index (κ1) is 42.7. The fourth-order valence-corrected chi connectivity index (χ4v) is 10.6. The molecule has 346 valence electrons. The van der Waals surface area contributed by atoms with Crippen LogP contribution in [0.4, 0.5) is 0 Å². The van der Waals surface area contributed by atoms with Gasteiger partial charge in [-0.25, -0.2) is 24.9 Å². The van der Waals surface area contributed by atoms with Crippen LogP contribution in [0, 0.1) is 0 Å². The molecular formula is C67H43N7. The first-order valence-corrected chi connectivity index (χ1v) is 24.8. The van der Waals surface area contributed by atoms with Gasteiger partial charge in [0.15, 0.2) is 23.3 Å². The molecule has 0 saturated heterocycles. The van der Waals surface area contributed by atoms with Gasteiger partial charge in [-0.2, -0.15) is 0 Å². The Kier molecular flexibility index (Phi) is 10.4. The molecule has 10 aromatic carbocycles. The topological polar surface area (TPSA) is 74.3 Å². The van der Waals surface area contributed by atoms with Crippen LogP contribution in [0.1, 0.15) is 0 Å². The van der Waals surface area contributed by atoms with Gasteiger partial charge in [-0.15, -0.1) is 0 Å². The van der Waals surface area contributed by atoms with E-state index in [1.807, 2.05) is 42.5 Å². The SMILES string of the molecule is c1ccc(-c2cc(-c3ccccc3-n3c4ccccc4c4ccc(-c5cccc(-c6nc(-c7ccccc7)nc(-c7ccccc7-n7c8ccccc8c8ccccc87)n6)c5)cc43)nc(-c3ccccc3)n2)cc1. The molecule has 0 spiro atoms. The molecule has 0 aliphatic carbocycles. The Balaban J connectivity index is 0.918. The Morgan fingerprint density at radius 2 is 0.622 bits per heavy atom. The second-order valence-corrected chi connectivity index (χ2v) is 18.4. The van der Waals surface area contributed by atoms with Crippen molar-refractivity contribution in [1.29, 1.82) is 0 Å². The third-order valence-electron chi connectivity index (χ3n) is 14.0. The molecule has 14 rings (SSSR count). The van der Waals surface area contributed by atoms with Gasteiger partial charge in [0.2, 0.25) is 0 Å². The molecule has 4 aromatic heterocycles. The highest BCUT2D eigenvalue weighted by molar-refractivity contribution is 6.11. The third kappa shape index (κ3) is 7.42. The predicted molar refractivity (Wildman–Crippen MR) is 302 cm³/mol. The van der Waals surface area contributed by atoms with Crippen molar-refractivity contribution in [2.24, 2.45) is 0 Å². The molecule has 0 aliphatic rings. The Bertz CT molecular complexity index is 4320. The Morgan fingerprint density at radius 3 is 1.24 bits per heavy atom. The Morgan fingerprint density at radius 1 is 0.216 bits per heavy atom. The van der Waals surface area contributed by atoms with Gasteiger partial charge in [0.25, 0.3) is 0 Å². The summed E-state index contributed by atoms with van der Waals surface area (Å²) in [5.74, 6) is 2.46. The Labute approximate surface area is 427 Å². The molecule has 0 saturated carbocycles.